The van der Waals surface area contributed by atoms with Crippen LogP contribution in [0.5, 0.6) is 0 Å². The number of aromatic nitrogens is 3. The molecule has 0 aliphatic heterocycles. The van der Waals surface area contributed by atoms with Gasteiger partial charge in [0.25, 0.3) is 5.91 Å². The van der Waals surface area contributed by atoms with Crippen LogP contribution in [-0.2, 0) is 11.3 Å². The van der Waals surface area contributed by atoms with Gasteiger partial charge < -0.3 is 5.32 Å². The number of amides is 1. The number of rotatable bonds is 2. The van der Waals surface area contributed by atoms with E-state index in [1.165, 1.54) is 6.33 Å². The highest BCUT2D eigenvalue weighted by Crippen LogP contribution is 1.82. The summed E-state index contributed by atoms with van der Waals surface area (Å²) >= 11 is 0. The fraction of sp³-hybridized carbons (Fsp3) is 0.286. The molecule has 1 amide bonds. The molecule has 1 aromatic heterocycles. The summed E-state index contributed by atoms with van der Waals surface area (Å²) < 4.78 is 0. The molecule has 0 fully saturated rings. The first-order valence-corrected chi connectivity index (χ1v) is 3.37. The van der Waals surface area contributed by atoms with Gasteiger partial charge in [0, 0.05) is 0 Å². The van der Waals surface area contributed by atoms with E-state index in [1.54, 1.807) is 6.92 Å². The molecule has 0 aliphatic rings. The Balaban J connectivity index is 2.35. The van der Waals surface area contributed by atoms with Crippen molar-refractivity contribution in [1.29, 1.82) is 0 Å². The molecule has 0 aromatic carbocycles. The zero-order valence-corrected chi connectivity index (χ0v) is 6.59. The van der Waals surface area contributed by atoms with E-state index in [9.17, 15) is 4.79 Å². The lowest BCUT2D eigenvalue weighted by Gasteiger charge is -1.94. The molecule has 0 unspecified atom stereocenters. The highest BCUT2D eigenvalue weighted by molar-refractivity contribution is 5.93. The summed E-state index contributed by atoms with van der Waals surface area (Å²) in [5.74, 6) is 5.14. The molecule has 0 bridgehead atoms. The summed E-state index contributed by atoms with van der Waals surface area (Å²) in [6.07, 6.45) is 1.38. The molecule has 0 saturated heterocycles. The number of hydrogen-bond acceptors (Lipinski definition) is 3. The van der Waals surface area contributed by atoms with Crippen LogP contribution in [0.1, 0.15) is 12.7 Å². The Labute approximate surface area is 69.6 Å². The fourth-order valence-electron chi connectivity index (χ4n) is 0.638. The molecular weight excluding hydrogens is 156 g/mol. The van der Waals surface area contributed by atoms with Crippen molar-refractivity contribution in [2.24, 2.45) is 0 Å². The topological polar surface area (TPSA) is 70.7 Å². The molecule has 0 atom stereocenters. The quantitative estimate of drug-likeness (QED) is 0.576. The van der Waals surface area contributed by atoms with Gasteiger partial charge in [-0.15, -0.1) is 0 Å². The van der Waals surface area contributed by atoms with Crippen molar-refractivity contribution in [3.05, 3.63) is 12.2 Å². The van der Waals surface area contributed by atoms with E-state index in [4.69, 9.17) is 0 Å². The first-order valence-electron chi connectivity index (χ1n) is 3.37. The second-order valence-electron chi connectivity index (χ2n) is 1.99. The molecule has 12 heavy (non-hydrogen) atoms. The van der Waals surface area contributed by atoms with Crippen molar-refractivity contribution in [3.8, 4) is 11.8 Å². The molecule has 5 heteroatoms. The predicted octanol–water partition coefficient (Wildman–Crippen LogP) is -0.556. The summed E-state index contributed by atoms with van der Waals surface area (Å²) in [6, 6.07) is 0. The monoisotopic (exact) mass is 164 g/mol. The molecule has 1 heterocycles. The fourth-order valence-corrected chi connectivity index (χ4v) is 0.638. The van der Waals surface area contributed by atoms with Gasteiger partial charge in [-0.3, -0.25) is 9.89 Å². The number of aromatic amines is 1. The minimum atomic E-state index is -0.311. The highest BCUT2D eigenvalue weighted by Gasteiger charge is 1.97. The number of nitrogens with one attached hydrogen (secondary N) is 2. The van der Waals surface area contributed by atoms with Crippen LogP contribution in [0.25, 0.3) is 0 Å². The van der Waals surface area contributed by atoms with Gasteiger partial charge in [0.1, 0.15) is 12.2 Å². The van der Waals surface area contributed by atoms with Crippen LogP contribution in [0.2, 0.25) is 0 Å². The van der Waals surface area contributed by atoms with Crippen LogP contribution >= 0.6 is 0 Å². The number of carbonyl (C=O) groups excluding carboxylic acids is 1. The number of nitrogens with zero attached hydrogens (tertiary/aromatic N) is 2. The minimum absolute atomic E-state index is 0.311. The second kappa shape index (κ2) is 4.13. The maximum absolute atomic E-state index is 10.8. The van der Waals surface area contributed by atoms with Crippen molar-refractivity contribution in [2.45, 2.75) is 13.5 Å². The van der Waals surface area contributed by atoms with Gasteiger partial charge in [0.15, 0.2) is 0 Å². The van der Waals surface area contributed by atoms with Crippen molar-refractivity contribution >= 4 is 5.91 Å². The average Bonchev–Trinajstić information content (AvgIpc) is 2.53. The molecule has 1 rings (SSSR count). The third-order valence-electron chi connectivity index (χ3n) is 1.12. The maximum atomic E-state index is 10.8. The Morgan fingerprint density at radius 1 is 1.83 bits per heavy atom. The number of hydrogen-bond donors (Lipinski definition) is 2. The molecule has 62 valence electrons. The summed E-state index contributed by atoms with van der Waals surface area (Å²) in [5.41, 5.74) is 0. The molecular formula is C7H8N4O. The zero-order valence-electron chi connectivity index (χ0n) is 6.59. The van der Waals surface area contributed by atoms with E-state index in [-0.39, 0.29) is 5.91 Å². The Kier molecular flexibility index (Phi) is 2.85. The van der Waals surface area contributed by atoms with Crippen LogP contribution in [0.15, 0.2) is 6.33 Å². The molecule has 0 saturated carbocycles. The van der Waals surface area contributed by atoms with E-state index in [0.717, 1.165) is 0 Å². The smallest absolute Gasteiger partial charge is 0.296 e. The molecule has 0 aliphatic carbocycles. The largest absolute Gasteiger partial charge is 0.338 e. The van der Waals surface area contributed by atoms with Crippen molar-refractivity contribution in [3.63, 3.8) is 0 Å². The number of carbonyl (C=O) groups is 1. The Morgan fingerprint density at radius 2 is 2.67 bits per heavy atom. The lowest BCUT2D eigenvalue weighted by molar-refractivity contribution is -0.115. The van der Waals surface area contributed by atoms with E-state index in [2.05, 4.69) is 32.3 Å². The normalized spacial score (nSPS) is 8.42. The summed E-state index contributed by atoms with van der Waals surface area (Å²) in [7, 11) is 0. The van der Waals surface area contributed by atoms with Gasteiger partial charge in [0.05, 0.1) is 6.54 Å². The summed E-state index contributed by atoms with van der Waals surface area (Å²) in [5, 5.41) is 8.77. The predicted molar refractivity (Wildman–Crippen MR) is 41.7 cm³/mol. The first-order chi connectivity index (χ1) is 5.83. The lowest BCUT2D eigenvalue weighted by atomic mass is 10.5. The number of H-pyrrole nitrogens is 1. The Morgan fingerprint density at radius 3 is 3.25 bits per heavy atom. The van der Waals surface area contributed by atoms with Crippen molar-refractivity contribution < 1.29 is 4.79 Å². The van der Waals surface area contributed by atoms with Crippen molar-refractivity contribution in [2.75, 3.05) is 0 Å². The van der Waals surface area contributed by atoms with E-state index < -0.39 is 0 Å². The molecule has 2 N–H and O–H groups in total. The standard InChI is InChI=1S/C7H8N4O/c1-2-3-7(12)8-4-6-9-5-10-11-6/h5H,4H2,1H3,(H,8,12)(H,9,10,11). The Hall–Kier alpha value is -1.83. The van der Waals surface area contributed by atoms with Crippen LogP contribution < -0.4 is 5.32 Å². The Bertz CT molecular complexity index is 306. The first kappa shape index (κ1) is 8.27. The van der Waals surface area contributed by atoms with E-state index in [0.29, 0.717) is 12.4 Å². The van der Waals surface area contributed by atoms with Crippen molar-refractivity contribution in [1.82, 2.24) is 20.5 Å². The lowest BCUT2D eigenvalue weighted by Crippen LogP contribution is -2.21. The van der Waals surface area contributed by atoms with Gasteiger partial charge in [-0.1, -0.05) is 5.92 Å². The van der Waals surface area contributed by atoms with Crippen LogP contribution in [-0.4, -0.2) is 21.1 Å². The van der Waals surface area contributed by atoms with Gasteiger partial charge >= 0.3 is 0 Å². The third kappa shape index (κ3) is 2.42. The van der Waals surface area contributed by atoms with Crippen LogP contribution in [0.3, 0.4) is 0 Å². The van der Waals surface area contributed by atoms with Crippen LogP contribution in [0, 0.1) is 11.8 Å². The minimum Gasteiger partial charge on any atom is -0.338 e. The third-order valence-corrected chi connectivity index (χ3v) is 1.12. The zero-order chi connectivity index (χ0) is 8.81. The van der Waals surface area contributed by atoms with Crippen LogP contribution in [0.4, 0.5) is 0 Å². The summed E-state index contributed by atoms with van der Waals surface area (Å²) in [6.45, 7) is 1.93. The molecule has 0 spiro atoms. The second-order valence-corrected chi connectivity index (χ2v) is 1.99. The van der Waals surface area contributed by atoms with Gasteiger partial charge in [-0.2, -0.15) is 5.10 Å². The van der Waals surface area contributed by atoms with Gasteiger partial charge in [0.2, 0.25) is 0 Å². The highest BCUT2D eigenvalue weighted by atomic mass is 16.1. The van der Waals surface area contributed by atoms with Gasteiger partial charge in [-0.05, 0) is 12.8 Å². The van der Waals surface area contributed by atoms with Gasteiger partial charge in [-0.25, -0.2) is 4.98 Å². The average molecular weight is 164 g/mol. The van der Waals surface area contributed by atoms with E-state index in [1.807, 2.05) is 0 Å². The SMILES string of the molecule is CC#CC(=O)NCc1ncn[nH]1. The molecule has 0 radical (unpaired) electrons. The van der Waals surface area contributed by atoms with E-state index >= 15 is 0 Å². The maximum Gasteiger partial charge on any atom is 0.296 e. The molecule has 5 nitrogen and oxygen atoms in total. The molecule has 1 aromatic rings. The summed E-state index contributed by atoms with van der Waals surface area (Å²) in [4.78, 5) is 14.6.